The van der Waals surface area contributed by atoms with E-state index in [-0.39, 0.29) is 0 Å². The highest BCUT2D eigenvalue weighted by atomic mass is 16.1. The van der Waals surface area contributed by atoms with Gasteiger partial charge in [-0.15, -0.1) is 0 Å². The number of fused-ring (bicyclic) bond motifs is 3. The second kappa shape index (κ2) is 8.19. The van der Waals surface area contributed by atoms with E-state index >= 15 is 0 Å². The predicted octanol–water partition coefficient (Wildman–Crippen LogP) is 7.68. The van der Waals surface area contributed by atoms with Crippen LogP contribution in [0.2, 0.25) is 0 Å². The Hall–Kier alpha value is -0.330. The number of Topliss-reactive ketones (excluding diaryl/α,β-unsaturated/α-hetero) is 1. The van der Waals surface area contributed by atoms with Crippen LogP contribution in [0.1, 0.15) is 112 Å². The van der Waals surface area contributed by atoms with Crippen molar-refractivity contribution in [3.8, 4) is 0 Å². The smallest absolute Gasteiger partial charge is 0.132 e. The SMILES string of the molecule is CCCC1CCC2C(CCC3(C)C(C(C)CCC(=O)CC)CCC23)C1(C)C. The molecular weight excluding hydrogens is 328 g/mol. The third kappa shape index (κ3) is 3.78. The Morgan fingerprint density at radius 2 is 1.74 bits per heavy atom. The third-order valence-corrected chi connectivity index (χ3v) is 9.96. The molecule has 7 atom stereocenters. The number of hydrogen-bond acceptors (Lipinski definition) is 1. The molecule has 27 heavy (non-hydrogen) atoms. The van der Waals surface area contributed by atoms with E-state index in [4.69, 9.17) is 0 Å². The zero-order valence-corrected chi connectivity index (χ0v) is 19.2. The molecule has 1 nitrogen and oxygen atoms in total. The lowest BCUT2D eigenvalue weighted by molar-refractivity contribution is -0.119. The number of carbonyl (C=O) groups excluding carboxylic acids is 1. The van der Waals surface area contributed by atoms with Gasteiger partial charge in [0.1, 0.15) is 5.78 Å². The standard InChI is InChI=1S/C26H46O/c1-7-9-19-11-13-21-23(25(19,4)5)16-17-26(6)22(14-15-24(21)26)18(3)10-12-20(27)8-2/h18-19,21-24H,7-17H2,1-6H3. The van der Waals surface area contributed by atoms with Crippen LogP contribution in [0, 0.1) is 46.3 Å². The molecule has 3 aliphatic rings. The summed E-state index contributed by atoms with van der Waals surface area (Å²) < 4.78 is 0. The Labute approximate surface area is 169 Å². The summed E-state index contributed by atoms with van der Waals surface area (Å²) in [6.07, 6.45) is 14.2. The molecule has 1 heteroatoms. The lowest BCUT2D eigenvalue weighted by Crippen LogP contribution is -2.51. The minimum absolute atomic E-state index is 0.459. The van der Waals surface area contributed by atoms with Gasteiger partial charge in [-0.3, -0.25) is 4.79 Å². The van der Waals surface area contributed by atoms with Crippen LogP contribution in [0.5, 0.6) is 0 Å². The monoisotopic (exact) mass is 374 g/mol. The normalized spacial score (nSPS) is 41.6. The summed E-state index contributed by atoms with van der Waals surface area (Å²) in [7, 11) is 0. The van der Waals surface area contributed by atoms with Crippen molar-refractivity contribution in [2.24, 2.45) is 46.3 Å². The molecule has 0 heterocycles. The van der Waals surface area contributed by atoms with Gasteiger partial charge >= 0.3 is 0 Å². The minimum atomic E-state index is 0.459. The van der Waals surface area contributed by atoms with Crippen LogP contribution < -0.4 is 0 Å². The zero-order valence-electron chi connectivity index (χ0n) is 19.2. The molecule has 3 aliphatic carbocycles. The predicted molar refractivity (Wildman–Crippen MR) is 116 cm³/mol. The number of carbonyl (C=O) groups is 1. The van der Waals surface area contributed by atoms with E-state index in [1.54, 1.807) is 0 Å². The van der Waals surface area contributed by atoms with Gasteiger partial charge in [-0.05, 0) is 91.3 Å². The lowest BCUT2D eigenvalue weighted by Gasteiger charge is -2.58. The zero-order chi connectivity index (χ0) is 19.8. The molecule has 0 aromatic heterocycles. The fraction of sp³-hybridized carbons (Fsp3) is 0.962. The number of hydrogen-bond donors (Lipinski definition) is 0. The molecule has 3 fully saturated rings. The van der Waals surface area contributed by atoms with E-state index in [1.165, 1.54) is 51.4 Å². The molecular formula is C26H46O. The third-order valence-electron chi connectivity index (χ3n) is 9.96. The van der Waals surface area contributed by atoms with Crippen molar-refractivity contribution in [2.45, 2.75) is 112 Å². The first-order valence-electron chi connectivity index (χ1n) is 12.3. The second-order valence-corrected chi connectivity index (χ2v) is 11.4. The van der Waals surface area contributed by atoms with Crippen LogP contribution in [0.15, 0.2) is 0 Å². The molecule has 156 valence electrons. The van der Waals surface area contributed by atoms with Crippen molar-refractivity contribution in [2.75, 3.05) is 0 Å². The highest BCUT2D eigenvalue weighted by Crippen LogP contribution is 2.66. The fourth-order valence-corrected chi connectivity index (χ4v) is 8.29. The quantitative estimate of drug-likeness (QED) is 0.446. The van der Waals surface area contributed by atoms with Gasteiger partial charge in [0.15, 0.2) is 0 Å². The maximum atomic E-state index is 11.8. The molecule has 3 rings (SSSR count). The van der Waals surface area contributed by atoms with Crippen molar-refractivity contribution in [3.05, 3.63) is 0 Å². The Morgan fingerprint density at radius 3 is 2.41 bits per heavy atom. The van der Waals surface area contributed by atoms with Gasteiger partial charge in [-0.1, -0.05) is 54.4 Å². The molecule has 0 radical (unpaired) electrons. The van der Waals surface area contributed by atoms with Crippen molar-refractivity contribution >= 4 is 5.78 Å². The average Bonchev–Trinajstić information content (AvgIpc) is 2.99. The first-order valence-corrected chi connectivity index (χ1v) is 12.3. The summed E-state index contributed by atoms with van der Waals surface area (Å²) in [4.78, 5) is 11.8. The second-order valence-electron chi connectivity index (χ2n) is 11.4. The highest BCUT2D eigenvalue weighted by Gasteiger charge is 2.58. The van der Waals surface area contributed by atoms with E-state index in [1.807, 2.05) is 6.92 Å². The van der Waals surface area contributed by atoms with E-state index in [0.717, 1.165) is 54.8 Å². The van der Waals surface area contributed by atoms with Crippen LogP contribution >= 0.6 is 0 Å². The van der Waals surface area contributed by atoms with Crippen LogP contribution in [-0.4, -0.2) is 5.78 Å². The first-order chi connectivity index (χ1) is 12.8. The van der Waals surface area contributed by atoms with Crippen LogP contribution in [0.4, 0.5) is 0 Å². The molecule has 0 aromatic rings. The van der Waals surface area contributed by atoms with Gasteiger partial charge in [-0.25, -0.2) is 0 Å². The molecule has 0 amide bonds. The topological polar surface area (TPSA) is 17.1 Å². The molecule has 0 aliphatic heterocycles. The molecule has 0 spiro atoms. The molecule has 0 saturated heterocycles. The molecule has 0 aromatic carbocycles. The van der Waals surface area contributed by atoms with E-state index in [0.29, 0.717) is 16.6 Å². The van der Waals surface area contributed by atoms with E-state index < -0.39 is 0 Å². The van der Waals surface area contributed by atoms with Gasteiger partial charge in [0.25, 0.3) is 0 Å². The summed E-state index contributed by atoms with van der Waals surface area (Å²) in [6.45, 7) is 14.7. The van der Waals surface area contributed by atoms with Crippen molar-refractivity contribution in [1.82, 2.24) is 0 Å². The molecule has 7 unspecified atom stereocenters. The van der Waals surface area contributed by atoms with Gasteiger partial charge in [0.05, 0.1) is 0 Å². The van der Waals surface area contributed by atoms with E-state index in [9.17, 15) is 4.79 Å². The molecule has 0 bridgehead atoms. The highest BCUT2D eigenvalue weighted by molar-refractivity contribution is 5.77. The summed E-state index contributed by atoms with van der Waals surface area (Å²) in [5, 5.41) is 0. The Bertz CT molecular complexity index is 520. The minimum Gasteiger partial charge on any atom is -0.300 e. The van der Waals surface area contributed by atoms with Gasteiger partial charge in [0.2, 0.25) is 0 Å². The maximum absolute atomic E-state index is 11.8. The van der Waals surface area contributed by atoms with Crippen molar-refractivity contribution < 1.29 is 4.79 Å². The molecule has 0 N–H and O–H groups in total. The summed E-state index contributed by atoms with van der Waals surface area (Å²) in [5.74, 6) is 5.86. The Kier molecular flexibility index (Phi) is 6.49. The number of ketones is 1. The maximum Gasteiger partial charge on any atom is 0.132 e. The largest absolute Gasteiger partial charge is 0.300 e. The first kappa shape index (κ1) is 21.4. The van der Waals surface area contributed by atoms with Crippen molar-refractivity contribution in [1.29, 1.82) is 0 Å². The summed E-state index contributed by atoms with van der Waals surface area (Å²) >= 11 is 0. The lowest BCUT2D eigenvalue weighted by atomic mass is 9.46. The fourth-order valence-electron chi connectivity index (χ4n) is 8.29. The summed E-state index contributed by atoms with van der Waals surface area (Å²) in [5.41, 5.74) is 1.08. The van der Waals surface area contributed by atoms with Gasteiger partial charge in [-0.2, -0.15) is 0 Å². The van der Waals surface area contributed by atoms with Gasteiger partial charge < -0.3 is 0 Å². The summed E-state index contributed by atoms with van der Waals surface area (Å²) in [6, 6.07) is 0. The van der Waals surface area contributed by atoms with Gasteiger partial charge in [0, 0.05) is 12.8 Å². The van der Waals surface area contributed by atoms with Crippen LogP contribution in [-0.2, 0) is 4.79 Å². The molecule has 3 saturated carbocycles. The number of rotatable bonds is 7. The Balaban J connectivity index is 1.71. The van der Waals surface area contributed by atoms with Crippen LogP contribution in [0.25, 0.3) is 0 Å². The van der Waals surface area contributed by atoms with Crippen LogP contribution in [0.3, 0.4) is 0 Å². The van der Waals surface area contributed by atoms with Crippen molar-refractivity contribution in [3.63, 3.8) is 0 Å². The Morgan fingerprint density at radius 1 is 1.00 bits per heavy atom. The average molecular weight is 375 g/mol. The van der Waals surface area contributed by atoms with E-state index in [2.05, 4.69) is 34.6 Å².